The molecule has 18 heteroatoms. The number of ether oxygens (including phenoxy) is 4. The smallest absolute Gasteiger partial charge is 0.342 e. The molecular weight excluding hydrogens is 557 g/mol. The standard InChI is InChI=1S/C19H37N2O13P3/c1-2-35(25)33-37(27)34-36(26)32-9-6-20-17(22)5-8-28-11-13-30-15-16-31-14-12-29-10-7-21-18(23)3-4-19(21)24/h25-27H,2-16H2,1H3,(H,20,22). The van der Waals surface area contributed by atoms with Crippen molar-refractivity contribution in [2.75, 3.05) is 78.7 Å². The van der Waals surface area contributed by atoms with Gasteiger partial charge in [0.2, 0.25) is 17.7 Å². The molecule has 1 saturated heterocycles. The van der Waals surface area contributed by atoms with E-state index < -0.39 is 25.6 Å². The van der Waals surface area contributed by atoms with E-state index in [1.165, 1.54) is 4.90 Å². The molecule has 0 bridgehead atoms. The van der Waals surface area contributed by atoms with Crippen molar-refractivity contribution in [3.8, 4) is 0 Å². The summed E-state index contributed by atoms with van der Waals surface area (Å²) in [5.74, 6) is -0.565. The van der Waals surface area contributed by atoms with E-state index in [1.54, 1.807) is 6.92 Å². The van der Waals surface area contributed by atoms with Crippen molar-refractivity contribution in [1.29, 1.82) is 0 Å². The van der Waals surface area contributed by atoms with Crippen LogP contribution < -0.4 is 5.32 Å². The van der Waals surface area contributed by atoms with E-state index in [4.69, 9.17) is 27.8 Å². The van der Waals surface area contributed by atoms with Crippen molar-refractivity contribution in [3.63, 3.8) is 0 Å². The third-order valence-corrected chi connectivity index (χ3v) is 7.78. The van der Waals surface area contributed by atoms with Gasteiger partial charge in [-0.05, 0) is 0 Å². The van der Waals surface area contributed by atoms with E-state index >= 15 is 0 Å². The highest BCUT2D eigenvalue weighted by molar-refractivity contribution is 7.61. The minimum atomic E-state index is -2.44. The van der Waals surface area contributed by atoms with Crippen molar-refractivity contribution in [2.45, 2.75) is 26.2 Å². The highest BCUT2D eigenvalue weighted by atomic mass is 31.3. The molecule has 1 heterocycles. The van der Waals surface area contributed by atoms with Gasteiger partial charge < -0.3 is 43.5 Å². The minimum absolute atomic E-state index is 0.0394. The van der Waals surface area contributed by atoms with Gasteiger partial charge in [0.15, 0.2) is 8.38 Å². The van der Waals surface area contributed by atoms with Crippen LogP contribution in [0.2, 0.25) is 0 Å². The summed E-state index contributed by atoms with van der Waals surface area (Å²) < 4.78 is 35.7. The molecule has 0 aliphatic carbocycles. The first-order chi connectivity index (χ1) is 17.8. The van der Waals surface area contributed by atoms with Crippen LogP contribution in [-0.2, 0) is 46.5 Å². The Morgan fingerprint density at radius 2 is 1.35 bits per heavy atom. The van der Waals surface area contributed by atoms with Crippen LogP contribution in [-0.4, -0.2) is 116 Å². The Hall–Kier alpha value is -0.500. The van der Waals surface area contributed by atoms with Gasteiger partial charge in [-0.25, -0.2) is 4.31 Å². The van der Waals surface area contributed by atoms with Crippen molar-refractivity contribution in [2.24, 2.45) is 0 Å². The molecule has 0 radical (unpaired) electrons. The minimum Gasteiger partial charge on any atom is -0.379 e. The molecule has 37 heavy (non-hydrogen) atoms. The average molecular weight is 594 g/mol. The summed E-state index contributed by atoms with van der Waals surface area (Å²) in [6.07, 6.45) is 1.01. The lowest BCUT2D eigenvalue weighted by molar-refractivity contribution is -0.139. The zero-order valence-electron chi connectivity index (χ0n) is 20.8. The molecule has 0 aromatic heterocycles. The fourth-order valence-corrected chi connectivity index (χ4v) is 5.00. The Morgan fingerprint density at radius 1 is 0.811 bits per heavy atom. The zero-order valence-corrected chi connectivity index (χ0v) is 23.5. The quantitative estimate of drug-likeness (QED) is 0.0688. The maximum Gasteiger partial charge on any atom is 0.342 e. The van der Waals surface area contributed by atoms with E-state index in [0.717, 1.165) is 0 Å². The molecule has 3 unspecified atom stereocenters. The first-order valence-electron chi connectivity index (χ1n) is 11.7. The average Bonchev–Trinajstić information content (AvgIpc) is 3.18. The third kappa shape index (κ3) is 18.4. The largest absolute Gasteiger partial charge is 0.379 e. The Labute approximate surface area is 219 Å². The van der Waals surface area contributed by atoms with Gasteiger partial charge in [0.1, 0.15) is 0 Å². The molecule has 15 nitrogen and oxygen atoms in total. The maximum atomic E-state index is 11.7. The second kappa shape index (κ2) is 22.3. The topological polar surface area (TPSA) is 192 Å². The summed E-state index contributed by atoms with van der Waals surface area (Å²) in [5, 5.41) is 2.58. The summed E-state index contributed by atoms with van der Waals surface area (Å²) in [7, 11) is -6.63. The van der Waals surface area contributed by atoms with Gasteiger partial charge in [-0.3, -0.25) is 23.6 Å². The van der Waals surface area contributed by atoms with Crippen LogP contribution in [0, 0.1) is 0 Å². The molecule has 0 saturated carbocycles. The van der Waals surface area contributed by atoms with Gasteiger partial charge in [-0.15, -0.1) is 0 Å². The van der Waals surface area contributed by atoms with Crippen LogP contribution in [0.1, 0.15) is 26.2 Å². The number of likely N-dealkylation sites (tertiary alicyclic amines) is 1. The summed E-state index contributed by atoms with van der Waals surface area (Å²) in [6, 6.07) is 0. The molecule has 3 amide bonds. The molecule has 1 aliphatic heterocycles. The van der Waals surface area contributed by atoms with Crippen LogP contribution in [0.5, 0.6) is 0 Å². The molecular formula is C19H37N2O13P3. The first kappa shape index (κ1) is 34.5. The number of hydrogen-bond donors (Lipinski definition) is 4. The zero-order chi connectivity index (χ0) is 27.3. The van der Waals surface area contributed by atoms with E-state index in [2.05, 4.69) is 9.63 Å². The summed E-state index contributed by atoms with van der Waals surface area (Å²) in [4.78, 5) is 64.0. The van der Waals surface area contributed by atoms with Gasteiger partial charge in [-0.1, -0.05) is 6.92 Å². The summed E-state index contributed by atoms with van der Waals surface area (Å²) in [5.41, 5.74) is 0. The van der Waals surface area contributed by atoms with E-state index in [1.807, 2.05) is 0 Å². The lowest BCUT2D eigenvalue weighted by Gasteiger charge is -2.16. The monoisotopic (exact) mass is 594 g/mol. The number of hydrogen-bond acceptors (Lipinski definition) is 13. The van der Waals surface area contributed by atoms with Gasteiger partial charge in [0.25, 0.3) is 0 Å². The number of carbonyl (C=O) groups is 3. The second-order valence-corrected chi connectivity index (χ2v) is 11.0. The number of rotatable bonds is 24. The van der Waals surface area contributed by atoms with Gasteiger partial charge >= 0.3 is 17.2 Å². The van der Waals surface area contributed by atoms with E-state index in [9.17, 15) is 29.1 Å². The highest BCUT2D eigenvalue weighted by Gasteiger charge is 2.28. The number of nitrogens with one attached hydrogen (secondary N) is 1. The molecule has 216 valence electrons. The van der Waals surface area contributed by atoms with Crippen molar-refractivity contribution < 1.29 is 61.2 Å². The molecule has 1 aliphatic rings. The molecule has 0 spiro atoms. The Bertz CT molecular complexity index is 636. The van der Waals surface area contributed by atoms with Gasteiger partial charge in [0, 0.05) is 32.0 Å². The predicted octanol–water partition coefficient (Wildman–Crippen LogP) is 0.520. The Balaban J connectivity index is 1.81. The summed E-state index contributed by atoms with van der Waals surface area (Å²) in [6.45, 7) is 4.67. The fourth-order valence-electron chi connectivity index (χ4n) is 2.59. The lowest BCUT2D eigenvalue weighted by Crippen LogP contribution is -2.32. The SMILES string of the molecule is CCP(O)OP(O)OP(O)OCCNC(=O)CCOCCOCCOCCOCCN1C(=O)CCC1=O. The van der Waals surface area contributed by atoms with Gasteiger partial charge in [-0.2, -0.15) is 0 Å². The normalized spacial score (nSPS) is 16.3. The van der Waals surface area contributed by atoms with Crippen LogP contribution in [0.4, 0.5) is 0 Å². The Morgan fingerprint density at radius 3 is 1.92 bits per heavy atom. The number of amides is 3. The Kier molecular flexibility index (Phi) is 20.8. The molecule has 3 atom stereocenters. The lowest BCUT2D eigenvalue weighted by atomic mass is 10.4. The first-order valence-corrected chi connectivity index (χ1v) is 15.3. The van der Waals surface area contributed by atoms with Crippen molar-refractivity contribution in [3.05, 3.63) is 0 Å². The molecule has 1 rings (SSSR count). The highest BCUT2D eigenvalue weighted by Crippen LogP contribution is 2.56. The molecule has 4 N–H and O–H groups in total. The van der Waals surface area contributed by atoms with Crippen molar-refractivity contribution in [1.82, 2.24) is 10.2 Å². The number of carbonyl (C=O) groups excluding carboxylic acids is 3. The third-order valence-electron chi connectivity index (χ3n) is 4.40. The van der Waals surface area contributed by atoms with Crippen LogP contribution >= 0.6 is 25.6 Å². The predicted molar refractivity (Wildman–Crippen MR) is 133 cm³/mol. The second-order valence-electron chi connectivity index (χ2n) is 7.13. The van der Waals surface area contributed by atoms with Gasteiger partial charge in [0.05, 0.1) is 66.0 Å². The molecule has 1 fully saturated rings. The van der Waals surface area contributed by atoms with E-state index in [0.29, 0.717) is 45.8 Å². The number of imide groups is 1. The van der Waals surface area contributed by atoms with Crippen LogP contribution in [0.15, 0.2) is 0 Å². The maximum absolute atomic E-state index is 11.7. The van der Waals surface area contributed by atoms with Crippen LogP contribution in [0.3, 0.4) is 0 Å². The molecule has 0 aromatic rings. The fraction of sp³-hybridized carbons (Fsp3) is 0.842. The van der Waals surface area contributed by atoms with Crippen LogP contribution in [0.25, 0.3) is 0 Å². The molecule has 0 aromatic carbocycles. The van der Waals surface area contributed by atoms with E-state index in [-0.39, 0.29) is 69.9 Å². The number of nitrogens with zero attached hydrogens (tertiary/aromatic N) is 1. The van der Waals surface area contributed by atoms with Crippen molar-refractivity contribution >= 4 is 43.3 Å². The summed E-state index contributed by atoms with van der Waals surface area (Å²) >= 11 is 0.